The lowest BCUT2D eigenvalue weighted by Crippen LogP contribution is -2.16. The molecule has 16 heavy (non-hydrogen) atoms. The molecule has 0 atom stereocenters. The van der Waals surface area contributed by atoms with Crippen molar-refractivity contribution >= 4 is 11.9 Å². The SMILES string of the molecule is CCCCc1ccc(C(N)=O)c(C(=O)O)c1. The molecule has 0 radical (unpaired) electrons. The maximum atomic E-state index is 11.0. The number of unbranched alkanes of at least 4 members (excludes halogenated alkanes) is 1. The third-order valence-electron chi connectivity index (χ3n) is 2.40. The molecule has 1 amide bonds. The number of primary amides is 1. The highest BCUT2D eigenvalue weighted by molar-refractivity contribution is 6.04. The number of hydrogen-bond donors (Lipinski definition) is 2. The first-order valence-electron chi connectivity index (χ1n) is 5.22. The fraction of sp³-hybridized carbons (Fsp3) is 0.333. The molecule has 1 rings (SSSR count). The van der Waals surface area contributed by atoms with Gasteiger partial charge in [0.15, 0.2) is 0 Å². The average molecular weight is 221 g/mol. The lowest BCUT2D eigenvalue weighted by molar-refractivity contribution is 0.0692. The van der Waals surface area contributed by atoms with Gasteiger partial charge in [-0.25, -0.2) is 4.79 Å². The van der Waals surface area contributed by atoms with Gasteiger partial charge in [0.2, 0.25) is 5.91 Å². The molecule has 1 aromatic rings. The zero-order valence-electron chi connectivity index (χ0n) is 9.19. The van der Waals surface area contributed by atoms with Gasteiger partial charge >= 0.3 is 5.97 Å². The van der Waals surface area contributed by atoms with E-state index in [1.54, 1.807) is 6.07 Å². The van der Waals surface area contributed by atoms with Gasteiger partial charge in [0.1, 0.15) is 0 Å². The number of aromatic carboxylic acids is 1. The number of carbonyl (C=O) groups is 2. The minimum Gasteiger partial charge on any atom is -0.478 e. The lowest BCUT2D eigenvalue weighted by atomic mass is 10.0. The largest absolute Gasteiger partial charge is 0.478 e. The number of amides is 1. The summed E-state index contributed by atoms with van der Waals surface area (Å²) in [6.07, 6.45) is 2.85. The summed E-state index contributed by atoms with van der Waals surface area (Å²) in [4.78, 5) is 22.0. The van der Waals surface area contributed by atoms with Crippen LogP contribution in [0.25, 0.3) is 0 Å². The predicted octanol–water partition coefficient (Wildman–Crippen LogP) is 1.83. The maximum absolute atomic E-state index is 11.0. The van der Waals surface area contributed by atoms with Crippen molar-refractivity contribution in [1.29, 1.82) is 0 Å². The van der Waals surface area contributed by atoms with Crippen molar-refractivity contribution < 1.29 is 14.7 Å². The predicted molar refractivity (Wildman–Crippen MR) is 60.5 cm³/mol. The summed E-state index contributed by atoms with van der Waals surface area (Å²) in [5.74, 6) is -1.83. The average Bonchev–Trinajstić information content (AvgIpc) is 2.25. The summed E-state index contributed by atoms with van der Waals surface area (Å²) in [5, 5.41) is 8.96. The smallest absolute Gasteiger partial charge is 0.336 e. The number of carboxylic acids is 1. The van der Waals surface area contributed by atoms with E-state index in [0.717, 1.165) is 24.8 Å². The normalized spacial score (nSPS) is 10.1. The highest BCUT2D eigenvalue weighted by Gasteiger charge is 2.14. The third kappa shape index (κ3) is 2.82. The zero-order valence-corrected chi connectivity index (χ0v) is 9.19. The van der Waals surface area contributed by atoms with Crippen LogP contribution in [0, 0.1) is 0 Å². The molecule has 0 fully saturated rings. The van der Waals surface area contributed by atoms with Crippen LogP contribution in [0.4, 0.5) is 0 Å². The van der Waals surface area contributed by atoms with E-state index in [-0.39, 0.29) is 11.1 Å². The van der Waals surface area contributed by atoms with E-state index in [1.165, 1.54) is 12.1 Å². The van der Waals surface area contributed by atoms with Crippen molar-refractivity contribution in [2.75, 3.05) is 0 Å². The summed E-state index contributed by atoms with van der Waals surface area (Å²) < 4.78 is 0. The van der Waals surface area contributed by atoms with Crippen LogP contribution in [0.5, 0.6) is 0 Å². The Morgan fingerprint density at radius 2 is 2.00 bits per heavy atom. The van der Waals surface area contributed by atoms with Gasteiger partial charge in [-0.15, -0.1) is 0 Å². The third-order valence-corrected chi connectivity index (χ3v) is 2.40. The van der Waals surface area contributed by atoms with E-state index in [9.17, 15) is 9.59 Å². The number of benzene rings is 1. The Bertz CT molecular complexity index is 413. The summed E-state index contributed by atoms with van der Waals surface area (Å²) in [5.41, 5.74) is 6.07. The van der Waals surface area contributed by atoms with Crippen LogP contribution in [0.15, 0.2) is 18.2 Å². The van der Waals surface area contributed by atoms with Gasteiger partial charge < -0.3 is 10.8 Å². The Labute approximate surface area is 94.1 Å². The molecule has 0 aromatic heterocycles. The first-order chi connectivity index (χ1) is 7.56. The monoisotopic (exact) mass is 221 g/mol. The van der Waals surface area contributed by atoms with E-state index in [2.05, 4.69) is 6.92 Å². The molecular formula is C12H15NO3. The number of hydrogen-bond acceptors (Lipinski definition) is 2. The number of carbonyl (C=O) groups excluding carboxylic acids is 1. The second-order valence-corrected chi connectivity index (χ2v) is 3.65. The number of carboxylic acid groups (broad SMARTS) is 1. The Morgan fingerprint density at radius 1 is 1.31 bits per heavy atom. The van der Waals surface area contributed by atoms with Crippen LogP contribution in [0.3, 0.4) is 0 Å². The van der Waals surface area contributed by atoms with E-state index < -0.39 is 11.9 Å². The molecule has 0 aliphatic rings. The quantitative estimate of drug-likeness (QED) is 0.795. The minimum atomic E-state index is -1.12. The van der Waals surface area contributed by atoms with Crippen LogP contribution in [-0.4, -0.2) is 17.0 Å². The summed E-state index contributed by atoms with van der Waals surface area (Å²) in [7, 11) is 0. The van der Waals surface area contributed by atoms with E-state index in [4.69, 9.17) is 10.8 Å². The second-order valence-electron chi connectivity index (χ2n) is 3.65. The van der Waals surface area contributed by atoms with Gasteiger partial charge in [-0.3, -0.25) is 4.79 Å². The summed E-state index contributed by atoms with van der Waals surface area (Å²) >= 11 is 0. The zero-order chi connectivity index (χ0) is 12.1. The van der Waals surface area contributed by atoms with Gasteiger partial charge in [0, 0.05) is 0 Å². The van der Waals surface area contributed by atoms with Crippen molar-refractivity contribution in [3.05, 3.63) is 34.9 Å². The topological polar surface area (TPSA) is 80.4 Å². The molecule has 0 bridgehead atoms. The maximum Gasteiger partial charge on any atom is 0.336 e. The molecule has 0 heterocycles. The molecular weight excluding hydrogens is 206 g/mol. The Morgan fingerprint density at radius 3 is 2.50 bits per heavy atom. The Balaban J connectivity index is 3.07. The van der Waals surface area contributed by atoms with Gasteiger partial charge in [-0.05, 0) is 30.5 Å². The molecule has 0 saturated heterocycles. The molecule has 4 nitrogen and oxygen atoms in total. The van der Waals surface area contributed by atoms with Gasteiger partial charge in [-0.1, -0.05) is 19.4 Å². The van der Waals surface area contributed by atoms with Gasteiger partial charge in [0.25, 0.3) is 0 Å². The fourth-order valence-corrected chi connectivity index (χ4v) is 1.52. The molecule has 0 aliphatic carbocycles. The first-order valence-corrected chi connectivity index (χ1v) is 5.22. The fourth-order valence-electron chi connectivity index (χ4n) is 1.52. The molecule has 86 valence electrons. The van der Waals surface area contributed by atoms with Crippen molar-refractivity contribution in [2.24, 2.45) is 5.73 Å². The number of nitrogens with two attached hydrogens (primary N) is 1. The molecule has 1 aromatic carbocycles. The second kappa shape index (κ2) is 5.30. The van der Waals surface area contributed by atoms with Crippen LogP contribution in [-0.2, 0) is 6.42 Å². The van der Waals surface area contributed by atoms with Gasteiger partial charge in [0.05, 0.1) is 11.1 Å². The van der Waals surface area contributed by atoms with Crippen LogP contribution in [0.2, 0.25) is 0 Å². The molecule has 3 N–H and O–H groups in total. The molecule has 0 aliphatic heterocycles. The standard InChI is InChI=1S/C12H15NO3/c1-2-3-4-8-5-6-9(11(13)14)10(7-8)12(15)16/h5-7H,2-4H2,1H3,(H2,13,14)(H,15,16). The van der Waals surface area contributed by atoms with Crippen molar-refractivity contribution in [3.8, 4) is 0 Å². The van der Waals surface area contributed by atoms with Crippen molar-refractivity contribution in [2.45, 2.75) is 26.2 Å². The molecule has 0 unspecified atom stereocenters. The van der Waals surface area contributed by atoms with Crippen LogP contribution >= 0.6 is 0 Å². The Hall–Kier alpha value is -1.84. The molecule has 0 saturated carbocycles. The van der Waals surface area contributed by atoms with E-state index >= 15 is 0 Å². The lowest BCUT2D eigenvalue weighted by Gasteiger charge is -2.05. The Kier molecular flexibility index (Phi) is 4.05. The first kappa shape index (κ1) is 12.2. The summed E-state index contributed by atoms with van der Waals surface area (Å²) in [6, 6.07) is 4.76. The van der Waals surface area contributed by atoms with E-state index in [0.29, 0.717) is 0 Å². The number of rotatable bonds is 5. The molecule has 0 spiro atoms. The van der Waals surface area contributed by atoms with Crippen LogP contribution in [0.1, 0.15) is 46.0 Å². The van der Waals surface area contributed by atoms with Crippen LogP contribution < -0.4 is 5.73 Å². The number of aryl methyl sites for hydroxylation is 1. The summed E-state index contributed by atoms with van der Waals surface area (Å²) in [6.45, 7) is 2.07. The highest BCUT2D eigenvalue weighted by Crippen LogP contribution is 2.14. The van der Waals surface area contributed by atoms with E-state index in [1.807, 2.05) is 0 Å². The highest BCUT2D eigenvalue weighted by atomic mass is 16.4. The van der Waals surface area contributed by atoms with Crippen molar-refractivity contribution in [1.82, 2.24) is 0 Å². The van der Waals surface area contributed by atoms with Crippen molar-refractivity contribution in [3.63, 3.8) is 0 Å². The minimum absolute atomic E-state index is 0.0129. The molecule has 4 heteroatoms. The van der Waals surface area contributed by atoms with Gasteiger partial charge in [-0.2, -0.15) is 0 Å².